The van der Waals surface area contributed by atoms with Gasteiger partial charge in [-0.1, -0.05) is 13.0 Å². The number of aryl methyl sites for hydroxylation is 1. The Balaban J connectivity index is 1.77. The average Bonchev–Trinajstić information content (AvgIpc) is 2.32. The third-order valence-corrected chi connectivity index (χ3v) is 3.53. The second-order valence-corrected chi connectivity index (χ2v) is 5.35. The summed E-state index contributed by atoms with van der Waals surface area (Å²) in [5.74, 6) is 0. The van der Waals surface area contributed by atoms with Crippen molar-refractivity contribution >= 4 is 0 Å². The standard InChI is InChI=1S/C14H22N2O/c1-12-3-4-13(16-9-12)10-15-11-14(2)5-7-17-8-6-14/h3-4,9,15H,5-8,10-11H2,1-2H3. The summed E-state index contributed by atoms with van der Waals surface area (Å²) in [6, 6.07) is 4.20. The van der Waals surface area contributed by atoms with E-state index in [9.17, 15) is 0 Å². The Kier molecular flexibility index (Phi) is 4.13. The summed E-state index contributed by atoms with van der Waals surface area (Å²) >= 11 is 0. The molecule has 1 aromatic rings. The number of hydrogen-bond donors (Lipinski definition) is 1. The largest absolute Gasteiger partial charge is 0.381 e. The van der Waals surface area contributed by atoms with Gasteiger partial charge in [0.2, 0.25) is 0 Å². The molecule has 0 atom stereocenters. The SMILES string of the molecule is Cc1ccc(CNCC2(C)CCOCC2)nc1. The van der Waals surface area contributed by atoms with Crippen molar-refractivity contribution in [3.05, 3.63) is 29.6 Å². The van der Waals surface area contributed by atoms with E-state index in [1.54, 1.807) is 0 Å². The zero-order valence-corrected chi connectivity index (χ0v) is 10.8. The molecule has 3 heteroatoms. The summed E-state index contributed by atoms with van der Waals surface area (Å²) < 4.78 is 5.40. The van der Waals surface area contributed by atoms with E-state index in [-0.39, 0.29) is 0 Å². The zero-order chi connectivity index (χ0) is 12.1. The average molecular weight is 234 g/mol. The van der Waals surface area contributed by atoms with E-state index in [2.05, 4.69) is 36.3 Å². The Morgan fingerprint density at radius 3 is 2.76 bits per heavy atom. The maximum absolute atomic E-state index is 5.40. The smallest absolute Gasteiger partial charge is 0.0541 e. The van der Waals surface area contributed by atoms with Crippen LogP contribution in [0.2, 0.25) is 0 Å². The van der Waals surface area contributed by atoms with Gasteiger partial charge in [-0.2, -0.15) is 0 Å². The van der Waals surface area contributed by atoms with Crippen molar-refractivity contribution in [1.29, 1.82) is 0 Å². The lowest BCUT2D eigenvalue weighted by atomic mass is 9.82. The Morgan fingerprint density at radius 1 is 1.35 bits per heavy atom. The summed E-state index contributed by atoms with van der Waals surface area (Å²) in [5, 5.41) is 3.51. The van der Waals surface area contributed by atoms with Crippen LogP contribution >= 0.6 is 0 Å². The van der Waals surface area contributed by atoms with Crippen LogP contribution in [-0.2, 0) is 11.3 Å². The lowest BCUT2D eigenvalue weighted by molar-refractivity contribution is 0.0240. The molecule has 0 bridgehead atoms. The third-order valence-electron chi connectivity index (χ3n) is 3.53. The predicted molar refractivity (Wildman–Crippen MR) is 68.8 cm³/mol. The molecular formula is C14H22N2O. The second kappa shape index (κ2) is 5.61. The van der Waals surface area contributed by atoms with Gasteiger partial charge in [0.05, 0.1) is 5.69 Å². The summed E-state index contributed by atoms with van der Waals surface area (Å²) in [6.07, 6.45) is 4.23. The van der Waals surface area contributed by atoms with Gasteiger partial charge < -0.3 is 10.1 Å². The van der Waals surface area contributed by atoms with Crippen LogP contribution < -0.4 is 5.32 Å². The number of hydrogen-bond acceptors (Lipinski definition) is 3. The van der Waals surface area contributed by atoms with Gasteiger partial charge in [-0.15, -0.1) is 0 Å². The van der Waals surface area contributed by atoms with E-state index in [0.717, 1.165) is 44.8 Å². The number of pyridine rings is 1. The fourth-order valence-corrected chi connectivity index (χ4v) is 2.14. The maximum atomic E-state index is 5.40. The van der Waals surface area contributed by atoms with E-state index in [4.69, 9.17) is 4.74 Å². The van der Waals surface area contributed by atoms with E-state index < -0.39 is 0 Å². The van der Waals surface area contributed by atoms with Gasteiger partial charge in [0.1, 0.15) is 0 Å². The van der Waals surface area contributed by atoms with Gasteiger partial charge in [0, 0.05) is 32.5 Å². The first-order chi connectivity index (χ1) is 8.18. The van der Waals surface area contributed by atoms with Crippen molar-refractivity contribution in [2.45, 2.75) is 33.2 Å². The first-order valence-corrected chi connectivity index (χ1v) is 6.38. The molecule has 1 aliphatic rings. The number of nitrogens with zero attached hydrogens (tertiary/aromatic N) is 1. The molecule has 1 aliphatic heterocycles. The molecular weight excluding hydrogens is 212 g/mol. The molecule has 1 saturated heterocycles. The van der Waals surface area contributed by atoms with Gasteiger partial charge in [-0.05, 0) is 36.8 Å². The van der Waals surface area contributed by atoms with Gasteiger partial charge in [0.15, 0.2) is 0 Å². The normalized spacial score (nSPS) is 19.2. The molecule has 0 unspecified atom stereocenters. The van der Waals surface area contributed by atoms with Crippen LogP contribution in [0.1, 0.15) is 31.0 Å². The molecule has 0 aromatic carbocycles. The molecule has 1 fully saturated rings. The van der Waals surface area contributed by atoms with E-state index in [1.807, 2.05) is 6.20 Å². The first kappa shape index (κ1) is 12.5. The Morgan fingerprint density at radius 2 is 2.12 bits per heavy atom. The molecule has 0 saturated carbocycles. The summed E-state index contributed by atoms with van der Waals surface area (Å²) in [4.78, 5) is 4.40. The molecule has 17 heavy (non-hydrogen) atoms. The molecule has 0 amide bonds. The van der Waals surface area contributed by atoms with Gasteiger partial charge in [-0.3, -0.25) is 4.98 Å². The highest BCUT2D eigenvalue weighted by Gasteiger charge is 2.26. The van der Waals surface area contributed by atoms with Crippen molar-refractivity contribution < 1.29 is 4.74 Å². The lowest BCUT2D eigenvalue weighted by Gasteiger charge is -2.33. The van der Waals surface area contributed by atoms with Crippen LogP contribution in [0.4, 0.5) is 0 Å². The Labute approximate surface area is 104 Å². The summed E-state index contributed by atoms with van der Waals surface area (Å²) in [7, 11) is 0. The highest BCUT2D eigenvalue weighted by molar-refractivity contribution is 5.11. The van der Waals surface area contributed by atoms with Crippen LogP contribution in [0.5, 0.6) is 0 Å². The van der Waals surface area contributed by atoms with Crippen LogP contribution in [0, 0.1) is 12.3 Å². The van der Waals surface area contributed by atoms with Crippen molar-refractivity contribution in [2.24, 2.45) is 5.41 Å². The number of ether oxygens (including phenoxy) is 1. The minimum Gasteiger partial charge on any atom is -0.381 e. The highest BCUT2D eigenvalue weighted by atomic mass is 16.5. The Bertz CT molecular complexity index is 342. The van der Waals surface area contributed by atoms with Gasteiger partial charge in [0.25, 0.3) is 0 Å². The predicted octanol–water partition coefficient (Wildman–Crippen LogP) is 2.30. The number of rotatable bonds is 4. The first-order valence-electron chi connectivity index (χ1n) is 6.38. The molecule has 0 radical (unpaired) electrons. The van der Waals surface area contributed by atoms with E-state index in [0.29, 0.717) is 5.41 Å². The topological polar surface area (TPSA) is 34.1 Å². The molecule has 0 aliphatic carbocycles. The lowest BCUT2D eigenvalue weighted by Crippen LogP contribution is -2.36. The molecule has 2 heterocycles. The minimum absolute atomic E-state index is 0.392. The number of nitrogens with one attached hydrogen (secondary N) is 1. The molecule has 0 spiro atoms. The Hall–Kier alpha value is -0.930. The van der Waals surface area contributed by atoms with Crippen molar-refractivity contribution in [3.8, 4) is 0 Å². The highest BCUT2D eigenvalue weighted by Crippen LogP contribution is 2.28. The molecule has 1 aromatic heterocycles. The summed E-state index contributed by atoms with van der Waals surface area (Å²) in [5.41, 5.74) is 2.72. The third kappa shape index (κ3) is 3.79. The molecule has 2 rings (SSSR count). The molecule has 1 N–H and O–H groups in total. The molecule has 3 nitrogen and oxygen atoms in total. The van der Waals surface area contributed by atoms with Crippen molar-refractivity contribution in [1.82, 2.24) is 10.3 Å². The second-order valence-electron chi connectivity index (χ2n) is 5.35. The van der Waals surface area contributed by atoms with Crippen LogP contribution in [0.25, 0.3) is 0 Å². The van der Waals surface area contributed by atoms with Crippen LogP contribution in [0.15, 0.2) is 18.3 Å². The van der Waals surface area contributed by atoms with Crippen LogP contribution in [-0.4, -0.2) is 24.7 Å². The van der Waals surface area contributed by atoms with E-state index in [1.165, 1.54) is 5.56 Å². The monoisotopic (exact) mass is 234 g/mol. The van der Waals surface area contributed by atoms with E-state index >= 15 is 0 Å². The number of aromatic nitrogens is 1. The van der Waals surface area contributed by atoms with Crippen molar-refractivity contribution in [3.63, 3.8) is 0 Å². The van der Waals surface area contributed by atoms with Gasteiger partial charge >= 0.3 is 0 Å². The molecule has 94 valence electrons. The van der Waals surface area contributed by atoms with Crippen molar-refractivity contribution in [2.75, 3.05) is 19.8 Å². The van der Waals surface area contributed by atoms with Crippen LogP contribution in [0.3, 0.4) is 0 Å². The fraction of sp³-hybridized carbons (Fsp3) is 0.643. The fourth-order valence-electron chi connectivity index (χ4n) is 2.14. The quantitative estimate of drug-likeness (QED) is 0.868. The van der Waals surface area contributed by atoms with Gasteiger partial charge in [-0.25, -0.2) is 0 Å². The maximum Gasteiger partial charge on any atom is 0.0541 e. The summed E-state index contributed by atoms with van der Waals surface area (Å²) in [6.45, 7) is 8.11. The minimum atomic E-state index is 0.392. The zero-order valence-electron chi connectivity index (χ0n) is 10.8.